The van der Waals surface area contributed by atoms with Gasteiger partial charge in [-0.15, -0.1) is 0 Å². The second-order valence-corrected chi connectivity index (χ2v) is 5.24. The van der Waals surface area contributed by atoms with E-state index in [2.05, 4.69) is 24.0 Å². The normalized spacial score (nSPS) is 11.3. The highest BCUT2D eigenvalue weighted by Gasteiger charge is 2.05. The standard InChI is InChI=1S/C16H24N2O/c1-13-9-10-15-14(12-13)18-16(19-15)8-6-4-2-3-5-7-11-17/h9-10,12H,2-8,11,17H2,1H3. The molecule has 0 radical (unpaired) electrons. The largest absolute Gasteiger partial charge is 0.441 e. The van der Waals surface area contributed by atoms with Crippen LogP contribution >= 0.6 is 0 Å². The SMILES string of the molecule is Cc1ccc2oc(CCCCCCCCN)nc2c1. The van der Waals surface area contributed by atoms with E-state index in [0.29, 0.717) is 0 Å². The van der Waals surface area contributed by atoms with Crippen molar-refractivity contribution in [1.29, 1.82) is 0 Å². The summed E-state index contributed by atoms with van der Waals surface area (Å²) >= 11 is 0. The maximum absolute atomic E-state index is 5.74. The Morgan fingerprint density at radius 1 is 1.05 bits per heavy atom. The fourth-order valence-corrected chi connectivity index (χ4v) is 2.32. The molecule has 0 aliphatic heterocycles. The molecule has 0 atom stereocenters. The molecule has 1 aromatic carbocycles. The van der Waals surface area contributed by atoms with Gasteiger partial charge in [0.25, 0.3) is 0 Å². The van der Waals surface area contributed by atoms with E-state index in [1.54, 1.807) is 0 Å². The van der Waals surface area contributed by atoms with Crippen LogP contribution in [0.5, 0.6) is 0 Å². The summed E-state index contributed by atoms with van der Waals surface area (Å²) < 4.78 is 5.74. The highest BCUT2D eigenvalue weighted by Crippen LogP contribution is 2.18. The maximum Gasteiger partial charge on any atom is 0.195 e. The molecule has 0 spiro atoms. The number of hydrogen-bond acceptors (Lipinski definition) is 3. The topological polar surface area (TPSA) is 52.0 Å². The summed E-state index contributed by atoms with van der Waals surface area (Å²) in [6.45, 7) is 2.90. The molecule has 3 nitrogen and oxygen atoms in total. The van der Waals surface area contributed by atoms with E-state index in [-0.39, 0.29) is 0 Å². The molecule has 0 fully saturated rings. The Bertz CT molecular complexity index is 504. The fraction of sp³-hybridized carbons (Fsp3) is 0.562. The Morgan fingerprint density at radius 3 is 2.58 bits per heavy atom. The number of aromatic nitrogens is 1. The Kier molecular flexibility index (Phi) is 5.40. The molecule has 0 saturated heterocycles. The zero-order valence-corrected chi connectivity index (χ0v) is 11.8. The molecule has 0 aliphatic carbocycles. The maximum atomic E-state index is 5.74. The first-order valence-corrected chi connectivity index (χ1v) is 7.36. The lowest BCUT2D eigenvalue weighted by molar-refractivity contribution is 0.504. The van der Waals surface area contributed by atoms with Gasteiger partial charge in [-0.25, -0.2) is 4.98 Å². The van der Waals surface area contributed by atoms with E-state index in [0.717, 1.165) is 42.8 Å². The molecule has 19 heavy (non-hydrogen) atoms. The Morgan fingerprint density at radius 2 is 1.79 bits per heavy atom. The highest BCUT2D eigenvalue weighted by atomic mass is 16.3. The molecule has 104 valence electrons. The summed E-state index contributed by atoms with van der Waals surface area (Å²) in [6.07, 6.45) is 8.37. The third-order valence-corrected chi connectivity index (χ3v) is 3.43. The summed E-state index contributed by atoms with van der Waals surface area (Å²) in [6, 6.07) is 6.15. The smallest absolute Gasteiger partial charge is 0.195 e. The van der Waals surface area contributed by atoms with Crippen LogP contribution in [0.4, 0.5) is 0 Å². The number of aryl methyl sites for hydroxylation is 2. The molecule has 3 heteroatoms. The molecule has 0 aliphatic rings. The zero-order chi connectivity index (χ0) is 13.5. The molecule has 0 unspecified atom stereocenters. The second-order valence-electron chi connectivity index (χ2n) is 5.24. The summed E-state index contributed by atoms with van der Waals surface area (Å²) in [4.78, 5) is 4.54. The van der Waals surface area contributed by atoms with Crippen LogP contribution in [0.3, 0.4) is 0 Å². The molecule has 0 amide bonds. The first-order chi connectivity index (χ1) is 9.29. The minimum absolute atomic E-state index is 0.822. The molecule has 1 aromatic heterocycles. The lowest BCUT2D eigenvalue weighted by Gasteiger charge is -1.99. The fourth-order valence-electron chi connectivity index (χ4n) is 2.32. The van der Waals surface area contributed by atoms with Crippen LogP contribution in [0.1, 0.15) is 50.0 Å². The van der Waals surface area contributed by atoms with Crippen LogP contribution in [-0.2, 0) is 6.42 Å². The van der Waals surface area contributed by atoms with Gasteiger partial charge in [0.2, 0.25) is 0 Å². The van der Waals surface area contributed by atoms with E-state index in [1.165, 1.54) is 31.2 Å². The van der Waals surface area contributed by atoms with Crippen LogP contribution in [0, 0.1) is 6.92 Å². The molecule has 0 bridgehead atoms. The lowest BCUT2D eigenvalue weighted by Crippen LogP contribution is -1.97. The van der Waals surface area contributed by atoms with Crippen molar-refractivity contribution in [2.24, 2.45) is 5.73 Å². The van der Waals surface area contributed by atoms with E-state index in [1.807, 2.05) is 6.07 Å². The number of nitrogens with zero attached hydrogens (tertiary/aromatic N) is 1. The average Bonchev–Trinajstić information content (AvgIpc) is 2.79. The monoisotopic (exact) mass is 260 g/mol. The summed E-state index contributed by atoms with van der Waals surface area (Å²) in [5, 5.41) is 0. The Balaban J connectivity index is 1.72. The van der Waals surface area contributed by atoms with Crippen molar-refractivity contribution in [3.05, 3.63) is 29.7 Å². The van der Waals surface area contributed by atoms with Crippen molar-refractivity contribution in [3.8, 4) is 0 Å². The highest BCUT2D eigenvalue weighted by molar-refractivity contribution is 5.73. The van der Waals surface area contributed by atoms with Crippen molar-refractivity contribution >= 4 is 11.1 Å². The van der Waals surface area contributed by atoms with E-state index >= 15 is 0 Å². The van der Waals surface area contributed by atoms with Crippen molar-refractivity contribution in [2.45, 2.75) is 51.9 Å². The van der Waals surface area contributed by atoms with E-state index < -0.39 is 0 Å². The van der Waals surface area contributed by atoms with Crippen LogP contribution in [0.15, 0.2) is 22.6 Å². The first kappa shape index (κ1) is 14.1. The Labute approximate surface area is 115 Å². The van der Waals surface area contributed by atoms with Gasteiger partial charge in [-0.1, -0.05) is 31.7 Å². The van der Waals surface area contributed by atoms with E-state index in [4.69, 9.17) is 10.2 Å². The van der Waals surface area contributed by atoms with Crippen molar-refractivity contribution in [1.82, 2.24) is 4.98 Å². The number of hydrogen-bond donors (Lipinski definition) is 1. The lowest BCUT2D eigenvalue weighted by atomic mass is 10.1. The van der Waals surface area contributed by atoms with Crippen LogP contribution in [0.2, 0.25) is 0 Å². The third-order valence-electron chi connectivity index (χ3n) is 3.43. The second kappa shape index (κ2) is 7.29. The molecular weight excluding hydrogens is 236 g/mol. The molecule has 2 aromatic rings. The van der Waals surface area contributed by atoms with Gasteiger partial charge >= 0.3 is 0 Å². The molecule has 2 N–H and O–H groups in total. The number of rotatable bonds is 8. The minimum atomic E-state index is 0.822. The predicted octanol–water partition coefficient (Wildman–Crippen LogP) is 3.98. The number of oxazole rings is 1. The average molecular weight is 260 g/mol. The summed E-state index contributed by atoms with van der Waals surface area (Å²) in [7, 11) is 0. The number of benzene rings is 1. The van der Waals surface area contributed by atoms with E-state index in [9.17, 15) is 0 Å². The molecule has 1 heterocycles. The van der Waals surface area contributed by atoms with Gasteiger partial charge in [-0.05, 0) is 44.0 Å². The number of unbranched alkanes of at least 4 members (excludes halogenated alkanes) is 5. The van der Waals surface area contributed by atoms with Gasteiger partial charge in [-0.3, -0.25) is 0 Å². The summed E-state index contributed by atoms with van der Waals surface area (Å²) in [5.74, 6) is 0.877. The molecular formula is C16H24N2O. The van der Waals surface area contributed by atoms with Crippen molar-refractivity contribution in [2.75, 3.05) is 6.54 Å². The van der Waals surface area contributed by atoms with Crippen LogP contribution in [0.25, 0.3) is 11.1 Å². The van der Waals surface area contributed by atoms with Gasteiger partial charge < -0.3 is 10.2 Å². The van der Waals surface area contributed by atoms with Gasteiger partial charge in [-0.2, -0.15) is 0 Å². The molecule has 2 rings (SSSR count). The number of fused-ring (bicyclic) bond motifs is 1. The quantitative estimate of drug-likeness (QED) is 0.730. The van der Waals surface area contributed by atoms with Gasteiger partial charge in [0.05, 0.1) is 0 Å². The van der Waals surface area contributed by atoms with Gasteiger partial charge in [0, 0.05) is 6.42 Å². The molecule has 0 saturated carbocycles. The van der Waals surface area contributed by atoms with Crippen LogP contribution < -0.4 is 5.73 Å². The predicted molar refractivity (Wildman–Crippen MR) is 79.2 cm³/mol. The zero-order valence-electron chi connectivity index (χ0n) is 11.8. The van der Waals surface area contributed by atoms with Crippen LogP contribution in [-0.4, -0.2) is 11.5 Å². The third kappa shape index (κ3) is 4.35. The van der Waals surface area contributed by atoms with Gasteiger partial charge in [0.1, 0.15) is 5.52 Å². The van der Waals surface area contributed by atoms with Crippen molar-refractivity contribution < 1.29 is 4.42 Å². The summed E-state index contributed by atoms with van der Waals surface area (Å²) in [5.41, 5.74) is 8.59. The first-order valence-electron chi connectivity index (χ1n) is 7.36. The number of nitrogens with two attached hydrogens (primary N) is 1. The van der Waals surface area contributed by atoms with Crippen molar-refractivity contribution in [3.63, 3.8) is 0 Å². The minimum Gasteiger partial charge on any atom is -0.441 e. The van der Waals surface area contributed by atoms with Gasteiger partial charge in [0.15, 0.2) is 11.5 Å². The Hall–Kier alpha value is -1.35.